The zero-order valence-corrected chi connectivity index (χ0v) is 17.5. The topological polar surface area (TPSA) is 76.1 Å². The fourth-order valence-electron chi connectivity index (χ4n) is 5.01. The predicted octanol–water partition coefficient (Wildman–Crippen LogP) is 4.14. The Kier molecular flexibility index (Phi) is 4.45. The first-order valence-electron chi connectivity index (χ1n) is 11.3. The summed E-state index contributed by atoms with van der Waals surface area (Å²) in [4.78, 5) is 21.5. The van der Waals surface area contributed by atoms with E-state index in [1.807, 2.05) is 18.3 Å². The van der Waals surface area contributed by atoms with Crippen LogP contribution in [0.5, 0.6) is 5.75 Å². The van der Waals surface area contributed by atoms with E-state index in [-0.39, 0.29) is 24.8 Å². The van der Waals surface area contributed by atoms with Gasteiger partial charge in [0.15, 0.2) is 0 Å². The Morgan fingerprint density at radius 3 is 2.88 bits per heavy atom. The molecular weight excluding hydrogens is 414 g/mol. The van der Waals surface area contributed by atoms with Crippen LogP contribution in [0.1, 0.15) is 65.2 Å². The standard InChI is InChI=1S/C24H24F2N4O2/c25-24(26)5-3-15(4-6-24)29-23-28-12-19-17(9-14-10-18(14)21(19)30-23)13-1-2-16-20(11-13)32-8-7-27-22(16)31/h1-2,9,11-12,14-15,18H,3-8,10H2,(H,27,31)(H,28,29,30)/t14-,18?/m1/s1. The number of benzene rings is 1. The Morgan fingerprint density at radius 2 is 2.03 bits per heavy atom. The largest absolute Gasteiger partial charge is 0.491 e. The summed E-state index contributed by atoms with van der Waals surface area (Å²) in [5, 5.41) is 6.10. The average Bonchev–Trinajstić information content (AvgIpc) is 3.59. The van der Waals surface area contributed by atoms with Crippen LogP contribution in [0.15, 0.2) is 30.5 Å². The number of nitrogens with zero attached hydrogens (tertiary/aromatic N) is 2. The second-order valence-corrected chi connectivity index (χ2v) is 9.17. The summed E-state index contributed by atoms with van der Waals surface area (Å²) in [5.41, 5.74) is 4.57. The molecule has 0 saturated heterocycles. The monoisotopic (exact) mass is 438 g/mol. The lowest BCUT2D eigenvalue weighted by Crippen LogP contribution is -2.32. The SMILES string of the molecule is O=C1NCCOc2cc(C3=C[C@@H]4CC4c4nc(NC5CCC(F)(F)CC5)ncc43)ccc21. The molecule has 1 aliphatic heterocycles. The number of nitrogens with one attached hydrogen (secondary N) is 2. The highest BCUT2D eigenvalue weighted by Crippen LogP contribution is 2.55. The number of carbonyl (C=O) groups excluding carboxylic acids is 1. The Hall–Kier alpha value is -3.03. The summed E-state index contributed by atoms with van der Waals surface area (Å²) >= 11 is 0. The van der Waals surface area contributed by atoms with Crippen LogP contribution in [-0.4, -0.2) is 41.0 Å². The number of aromatic nitrogens is 2. The first kappa shape index (κ1) is 19.6. The number of allylic oxidation sites excluding steroid dienone is 1. The molecule has 8 heteroatoms. The molecule has 2 saturated carbocycles. The van der Waals surface area contributed by atoms with Gasteiger partial charge >= 0.3 is 0 Å². The number of halogens is 2. The van der Waals surface area contributed by atoms with Gasteiger partial charge in [0.25, 0.3) is 5.91 Å². The van der Waals surface area contributed by atoms with Gasteiger partial charge in [-0.05, 0) is 48.4 Å². The van der Waals surface area contributed by atoms with Crippen LogP contribution in [0.4, 0.5) is 14.7 Å². The third-order valence-electron chi connectivity index (χ3n) is 6.91. The van der Waals surface area contributed by atoms with Gasteiger partial charge in [0.2, 0.25) is 11.9 Å². The molecule has 6 rings (SSSR count). The van der Waals surface area contributed by atoms with Crippen molar-refractivity contribution in [1.82, 2.24) is 15.3 Å². The quantitative estimate of drug-likeness (QED) is 0.754. The van der Waals surface area contributed by atoms with Gasteiger partial charge in [-0.2, -0.15) is 0 Å². The normalized spacial score (nSPS) is 25.8. The molecule has 6 nitrogen and oxygen atoms in total. The summed E-state index contributed by atoms with van der Waals surface area (Å²) in [6, 6.07) is 5.65. The zero-order chi connectivity index (χ0) is 21.9. The molecule has 2 aromatic rings. The van der Waals surface area contributed by atoms with Crippen LogP contribution in [0, 0.1) is 5.92 Å². The second kappa shape index (κ2) is 7.25. The Morgan fingerprint density at radius 1 is 1.19 bits per heavy atom. The molecule has 1 aromatic heterocycles. The smallest absolute Gasteiger partial charge is 0.255 e. The summed E-state index contributed by atoms with van der Waals surface area (Å²) in [5.74, 6) is -0.732. The molecule has 32 heavy (non-hydrogen) atoms. The minimum absolute atomic E-state index is 0.0193. The molecule has 2 heterocycles. The van der Waals surface area contributed by atoms with E-state index in [4.69, 9.17) is 9.72 Å². The number of rotatable bonds is 3. The molecule has 1 unspecified atom stereocenters. The van der Waals surface area contributed by atoms with Crippen LogP contribution < -0.4 is 15.4 Å². The van der Waals surface area contributed by atoms with Crippen molar-refractivity contribution in [2.75, 3.05) is 18.5 Å². The maximum Gasteiger partial charge on any atom is 0.255 e. The van der Waals surface area contributed by atoms with E-state index < -0.39 is 5.92 Å². The fourth-order valence-corrected chi connectivity index (χ4v) is 5.01. The molecule has 2 N–H and O–H groups in total. The van der Waals surface area contributed by atoms with E-state index in [0.717, 1.165) is 28.8 Å². The number of fused-ring (bicyclic) bond motifs is 4. The van der Waals surface area contributed by atoms with Crippen LogP contribution in [0.2, 0.25) is 0 Å². The molecule has 0 bridgehead atoms. The Bertz CT molecular complexity index is 1120. The van der Waals surface area contributed by atoms with Crippen molar-refractivity contribution in [2.24, 2.45) is 5.92 Å². The van der Waals surface area contributed by atoms with Gasteiger partial charge in [-0.3, -0.25) is 4.79 Å². The molecule has 0 spiro atoms. The average molecular weight is 438 g/mol. The van der Waals surface area contributed by atoms with Crippen molar-refractivity contribution in [3.05, 3.63) is 52.9 Å². The maximum absolute atomic E-state index is 13.5. The van der Waals surface area contributed by atoms with Gasteiger partial charge in [0, 0.05) is 36.6 Å². The molecular formula is C24H24F2N4O2. The van der Waals surface area contributed by atoms with E-state index in [2.05, 4.69) is 21.7 Å². The van der Waals surface area contributed by atoms with Gasteiger partial charge in [-0.25, -0.2) is 18.7 Å². The van der Waals surface area contributed by atoms with Crippen LogP contribution in [-0.2, 0) is 0 Å². The van der Waals surface area contributed by atoms with E-state index in [1.165, 1.54) is 0 Å². The maximum atomic E-state index is 13.5. The second-order valence-electron chi connectivity index (χ2n) is 9.17. The molecule has 2 atom stereocenters. The minimum Gasteiger partial charge on any atom is -0.491 e. The number of ether oxygens (including phenoxy) is 1. The number of anilines is 1. The molecule has 1 aromatic carbocycles. The highest BCUT2D eigenvalue weighted by Gasteiger charge is 2.44. The van der Waals surface area contributed by atoms with Crippen LogP contribution in [0.25, 0.3) is 5.57 Å². The predicted molar refractivity (Wildman–Crippen MR) is 115 cm³/mol. The van der Waals surface area contributed by atoms with Crippen molar-refractivity contribution >= 4 is 17.4 Å². The van der Waals surface area contributed by atoms with Crippen molar-refractivity contribution in [1.29, 1.82) is 0 Å². The van der Waals surface area contributed by atoms with Gasteiger partial charge in [-0.1, -0.05) is 12.1 Å². The van der Waals surface area contributed by atoms with Gasteiger partial charge in [-0.15, -0.1) is 0 Å². The highest BCUT2D eigenvalue weighted by atomic mass is 19.3. The lowest BCUT2D eigenvalue weighted by atomic mass is 9.90. The molecule has 4 aliphatic rings. The first-order chi connectivity index (χ1) is 15.5. The number of carbonyl (C=O) groups is 1. The molecule has 166 valence electrons. The summed E-state index contributed by atoms with van der Waals surface area (Å²) in [6.45, 7) is 0.925. The van der Waals surface area contributed by atoms with Crippen LogP contribution in [0.3, 0.4) is 0 Å². The van der Waals surface area contributed by atoms with Gasteiger partial charge in [0.1, 0.15) is 12.4 Å². The lowest BCUT2D eigenvalue weighted by Gasteiger charge is -2.29. The van der Waals surface area contributed by atoms with Crippen LogP contribution >= 0.6 is 0 Å². The summed E-state index contributed by atoms with van der Waals surface area (Å²) in [6.07, 6.45) is 5.82. The van der Waals surface area contributed by atoms with Crippen molar-refractivity contribution in [3.8, 4) is 5.75 Å². The van der Waals surface area contributed by atoms with E-state index >= 15 is 0 Å². The Labute approximate surface area is 184 Å². The first-order valence-corrected chi connectivity index (χ1v) is 11.3. The summed E-state index contributed by atoms with van der Waals surface area (Å²) in [7, 11) is 0. The van der Waals surface area contributed by atoms with Crippen molar-refractivity contribution in [3.63, 3.8) is 0 Å². The van der Waals surface area contributed by atoms with E-state index in [9.17, 15) is 13.6 Å². The number of hydrogen-bond acceptors (Lipinski definition) is 5. The van der Waals surface area contributed by atoms with Crippen molar-refractivity contribution < 1.29 is 18.3 Å². The summed E-state index contributed by atoms with van der Waals surface area (Å²) < 4.78 is 32.7. The third-order valence-corrected chi connectivity index (χ3v) is 6.91. The molecule has 3 aliphatic carbocycles. The van der Waals surface area contributed by atoms with Gasteiger partial charge < -0.3 is 15.4 Å². The van der Waals surface area contributed by atoms with E-state index in [1.54, 1.807) is 6.07 Å². The van der Waals surface area contributed by atoms with Crippen molar-refractivity contribution in [2.45, 2.75) is 50.0 Å². The lowest BCUT2D eigenvalue weighted by molar-refractivity contribution is -0.0361. The number of amides is 1. The fraction of sp³-hybridized carbons (Fsp3) is 0.458. The molecule has 2 fully saturated rings. The molecule has 0 radical (unpaired) electrons. The number of hydrogen-bond donors (Lipinski definition) is 2. The Balaban J connectivity index is 1.28. The number of alkyl halides is 2. The zero-order valence-electron chi connectivity index (χ0n) is 17.5. The van der Waals surface area contributed by atoms with E-state index in [0.29, 0.717) is 55.1 Å². The van der Waals surface area contributed by atoms with Gasteiger partial charge in [0.05, 0.1) is 17.8 Å². The highest BCUT2D eigenvalue weighted by molar-refractivity contribution is 5.98. The minimum atomic E-state index is -2.55. The third kappa shape index (κ3) is 3.51. The molecule has 1 amide bonds.